The first kappa shape index (κ1) is 42.7. The molecule has 0 spiro atoms. The lowest BCUT2D eigenvalue weighted by Gasteiger charge is -2.37. The topological polar surface area (TPSA) is 183 Å². The normalized spacial score (nSPS) is 14.6. The number of carboxylic acid groups (broad SMARTS) is 1. The third-order valence-corrected chi connectivity index (χ3v) is 8.45. The zero-order valence-corrected chi connectivity index (χ0v) is 31.9. The molecule has 0 aliphatic carbocycles. The van der Waals surface area contributed by atoms with Gasteiger partial charge in [0.25, 0.3) is 0 Å². The lowest BCUT2D eigenvalue weighted by molar-refractivity contribution is -0.130. The summed E-state index contributed by atoms with van der Waals surface area (Å²) in [6, 6.07) is 19.9. The number of amides is 3. The van der Waals surface area contributed by atoms with E-state index in [0.717, 1.165) is 21.7 Å². The van der Waals surface area contributed by atoms with Crippen LogP contribution in [0.2, 0.25) is 0 Å². The molecule has 3 rings (SSSR count). The maximum absolute atomic E-state index is 13.7. The van der Waals surface area contributed by atoms with Crippen molar-refractivity contribution in [2.45, 2.75) is 96.7 Å². The summed E-state index contributed by atoms with van der Waals surface area (Å²) >= 11 is 0. The van der Waals surface area contributed by atoms with Crippen LogP contribution in [0.25, 0.3) is 0 Å². The second kappa shape index (κ2) is 19.9. The highest BCUT2D eigenvalue weighted by atomic mass is 16.6. The van der Waals surface area contributed by atoms with E-state index >= 15 is 0 Å². The summed E-state index contributed by atoms with van der Waals surface area (Å²) in [6.45, 7) is 11.0. The molecule has 290 valence electrons. The Kier molecular flexibility index (Phi) is 16.1. The van der Waals surface area contributed by atoms with Crippen molar-refractivity contribution in [1.29, 1.82) is 0 Å². The molecule has 0 bridgehead atoms. The van der Waals surface area contributed by atoms with E-state index in [0.29, 0.717) is 25.2 Å². The summed E-state index contributed by atoms with van der Waals surface area (Å²) in [5.74, 6) is 0.104. The second-order valence-corrected chi connectivity index (χ2v) is 15.3. The minimum absolute atomic E-state index is 0.00191. The van der Waals surface area contributed by atoms with Crippen LogP contribution in [0.15, 0.2) is 79.0 Å². The minimum Gasteiger partial charge on any atom is -0.493 e. The van der Waals surface area contributed by atoms with Gasteiger partial charge in [-0.25, -0.2) is 9.59 Å². The summed E-state index contributed by atoms with van der Waals surface area (Å²) in [7, 11) is 1.34. The van der Waals surface area contributed by atoms with Gasteiger partial charge in [0, 0.05) is 38.4 Å². The Labute approximate surface area is 313 Å². The number of nitrogens with one attached hydrogen (secondary N) is 3. The number of alkyl carbamates (subject to hydrolysis) is 1. The van der Waals surface area contributed by atoms with Gasteiger partial charge in [0.05, 0.1) is 30.9 Å². The van der Waals surface area contributed by atoms with Crippen molar-refractivity contribution in [3.05, 3.63) is 95.8 Å². The van der Waals surface area contributed by atoms with Crippen molar-refractivity contribution in [1.82, 2.24) is 25.8 Å². The Morgan fingerprint density at radius 2 is 1.36 bits per heavy atom. The van der Waals surface area contributed by atoms with Gasteiger partial charge in [0.1, 0.15) is 17.4 Å². The van der Waals surface area contributed by atoms with Gasteiger partial charge in [-0.05, 0) is 74.4 Å². The maximum Gasteiger partial charge on any atom is 0.407 e. The molecular formula is C40H57N5O8. The quantitative estimate of drug-likeness (QED) is 0.111. The van der Waals surface area contributed by atoms with E-state index in [1.807, 2.05) is 72.8 Å². The van der Waals surface area contributed by atoms with Gasteiger partial charge in [-0.1, -0.05) is 69.3 Å². The Balaban J connectivity index is 1.73. The van der Waals surface area contributed by atoms with Crippen LogP contribution < -0.4 is 20.7 Å². The lowest BCUT2D eigenvalue weighted by atomic mass is 9.85. The van der Waals surface area contributed by atoms with Crippen LogP contribution in [0.4, 0.5) is 9.59 Å². The fraction of sp³-hybridized carbons (Fsp3) is 0.500. The van der Waals surface area contributed by atoms with Crippen LogP contribution in [0.1, 0.15) is 58.4 Å². The van der Waals surface area contributed by atoms with Crippen molar-refractivity contribution in [2.75, 3.05) is 26.7 Å². The van der Waals surface area contributed by atoms with E-state index in [1.54, 1.807) is 47.7 Å². The highest BCUT2D eigenvalue weighted by molar-refractivity contribution is 5.86. The number of hydrogen-bond donors (Lipinski definition) is 6. The number of nitrogens with zero attached hydrogens (tertiary/aromatic N) is 2. The molecular weight excluding hydrogens is 678 g/mol. The molecule has 1 heterocycles. The third-order valence-electron chi connectivity index (χ3n) is 8.45. The van der Waals surface area contributed by atoms with Crippen LogP contribution in [-0.4, -0.2) is 106 Å². The Morgan fingerprint density at radius 3 is 1.89 bits per heavy atom. The van der Waals surface area contributed by atoms with Crippen LogP contribution in [0.3, 0.4) is 0 Å². The first-order valence-electron chi connectivity index (χ1n) is 17.9. The molecule has 0 saturated heterocycles. The molecule has 0 radical (unpaired) electrons. The number of carbonyl (C=O) groups excluding carboxylic acids is 2. The molecule has 0 aliphatic rings. The number of rotatable bonds is 18. The zero-order valence-electron chi connectivity index (χ0n) is 31.9. The highest BCUT2D eigenvalue weighted by Crippen LogP contribution is 2.25. The average Bonchev–Trinajstić information content (AvgIpc) is 3.07. The first-order valence-corrected chi connectivity index (χ1v) is 17.9. The molecule has 13 nitrogen and oxygen atoms in total. The molecule has 1 aromatic heterocycles. The number of aliphatic hydroxyl groups excluding tert-OH is 2. The van der Waals surface area contributed by atoms with Gasteiger partial charge < -0.3 is 40.7 Å². The summed E-state index contributed by atoms with van der Waals surface area (Å²) in [5.41, 5.74) is 1.14. The maximum atomic E-state index is 13.7. The molecule has 53 heavy (non-hydrogen) atoms. The summed E-state index contributed by atoms with van der Waals surface area (Å²) in [4.78, 5) is 43.6. The van der Waals surface area contributed by atoms with Gasteiger partial charge in [-0.3, -0.25) is 14.7 Å². The standard InChI is InChI=1S/C40H57N5O8/c1-39(2,3)35(45(7)38(50)51)36(48)43-31(24-28-16-18-30(19-17-28)52-22-20-29-15-11-12-21-42-29)33(46)25-41-26-34(47)32(23-27-13-9-8-10-14-27)44-37(49)53-40(4,5)6/h8-19,21,31-35,41,46-47H,20,22-26H2,1-7H3,(H,43,48)(H,44,49)(H,50,51)/t31-,32-,33+,34+,35+/m0/s1. The van der Waals surface area contributed by atoms with E-state index in [4.69, 9.17) is 9.47 Å². The predicted octanol–water partition coefficient (Wildman–Crippen LogP) is 4.20. The van der Waals surface area contributed by atoms with Crippen LogP contribution in [-0.2, 0) is 28.8 Å². The van der Waals surface area contributed by atoms with Crippen molar-refractivity contribution < 1.29 is 39.2 Å². The van der Waals surface area contributed by atoms with Crippen LogP contribution in [0, 0.1) is 5.41 Å². The number of hydrogen-bond acceptors (Lipinski definition) is 9. The van der Waals surface area contributed by atoms with E-state index in [2.05, 4.69) is 20.9 Å². The third kappa shape index (κ3) is 15.0. The van der Waals surface area contributed by atoms with Gasteiger partial charge in [0.2, 0.25) is 5.91 Å². The highest BCUT2D eigenvalue weighted by Gasteiger charge is 2.39. The molecule has 0 saturated carbocycles. The molecule has 2 aromatic carbocycles. The Hall–Kier alpha value is -4.72. The van der Waals surface area contributed by atoms with Crippen LogP contribution >= 0.6 is 0 Å². The van der Waals surface area contributed by atoms with Gasteiger partial charge >= 0.3 is 12.2 Å². The molecule has 0 unspecified atom stereocenters. The van der Waals surface area contributed by atoms with Gasteiger partial charge in [-0.2, -0.15) is 0 Å². The second-order valence-electron chi connectivity index (χ2n) is 15.3. The summed E-state index contributed by atoms with van der Waals surface area (Å²) < 4.78 is 11.3. The minimum atomic E-state index is -1.25. The van der Waals surface area contributed by atoms with Gasteiger partial charge in [-0.15, -0.1) is 0 Å². The monoisotopic (exact) mass is 735 g/mol. The zero-order chi connectivity index (χ0) is 39.2. The van der Waals surface area contributed by atoms with E-state index in [1.165, 1.54) is 7.05 Å². The molecule has 0 aliphatic heterocycles. The average molecular weight is 736 g/mol. The number of pyridine rings is 1. The van der Waals surface area contributed by atoms with Crippen molar-refractivity contribution in [3.8, 4) is 5.75 Å². The smallest absolute Gasteiger partial charge is 0.407 e. The number of ether oxygens (including phenoxy) is 2. The predicted molar refractivity (Wildman–Crippen MR) is 203 cm³/mol. The molecule has 5 atom stereocenters. The van der Waals surface area contributed by atoms with Crippen molar-refractivity contribution in [2.24, 2.45) is 5.41 Å². The van der Waals surface area contributed by atoms with Crippen molar-refractivity contribution >= 4 is 18.1 Å². The molecule has 6 N–H and O–H groups in total. The fourth-order valence-electron chi connectivity index (χ4n) is 5.87. The SMILES string of the molecule is CN(C(=O)O)[C@H](C(=O)N[C@@H](Cc1ccc(OCCc2ccccn2)cc1)[C@H](O)CNC[C@@H](O)[C@H](Cc1ccccc1)NC(=O)OC(C)(C)C)C(C)(C)C. The molecule has 0 fully saturated rings. The fourth-order valence-corrected chi connectivity index (χ4v) is 5.87. The van der Waals surface area contributed by atoms with Gasteiger partial charge in [0.15, 0.2) is 0 Å². The number of likely N-dealkylation sites (N-methyl/N-ethyl adjacent to an activating group) is 1. The number of aliphatic hydroxyl groups is 2. The number of carbonyl (C=O) groups is 3. The van der Waals surface area contributed by atoms with Crippen molar-refractivity contribution in [3.63, 3.8) is 0 Å². The first-order chi connectivity index (χ1) is 24.9. The Bertz CT molecular complexity index is 1560. The molecule has 3 amide bonds. The summed E-state index contributed by atoms with van der Waals surface area (Å²) in [5, 5.41) is 41.2. The lowest BCUT2D eigenvalue weighted by Crippen LogP contribution is -2.58. The number of benzene rings is 2. The number of aromatic nitrogens is 1. The van der Waals surface area contributed by atoms with Crippen LogP contribution in [0.5, 0.6) is 5.75 Å². The molecule has 3 aromatic rings. The largest absolute Gasteiger partial charge is 0.493 e. The van der Waals surface area contributed by atoms with E-state index in [-0.39, 0.29) is 19.5 Å². The summed E-state index contributed by atoms with van der Waals surface area (Å²) in [6.07, 6.45) is -1.20. The van der Waals surface area contributed by atoms with E-state index < -0.39 is 59.4 Å². The Morgan fingerprint density at radius 1 is 0.792 bits per heavy atom. The molecule has 13 heteroatoms. The van der Waals surface area contributed by atoms with E-state index in [9.17, 15) is 29.7 Å².